The van der Waals surface area contributed by atoms with E-state index in [0.717, 1.165) is 4.47 Å². The number of hydrogen-bond acceptors (Lipinski definition) is 3. The van der Waals surface area contributed by atoms with Gasteiger partial charge in [-0.2, -0.15) is 0 Å². The maximum Gasteiger partial charge on any atom is 0.272 e. The van der Waals surface area contributed by atoms with Gasteiger partial charge >= 0.3 is 0 Å². The maximum absolute atomic E-state index is 12.8. The van der Waals surface area contributed by atoms with Crippen LogP contribution in [-0.4, -0.2) is 16.8 Å². The summed E-state index contributed by atoms with van der Waals surface area (Å²) in [6.45, 7) is 0. The molecule has 0 unspecified atom stereocenters. The van der Waals surface area contributed by atoms with Crippen LogP contribution in [0.2, 0.25) is 5.02 Å². The molecule has 2 aromatic carbocycles. The van der Waals surface area contributed by atoms with Gasteiger partial charge in [0.05, 0.1) is 0 Å². The van der Waals surface area contributed by atoms with Crippen molar-refractivity contribution in [3.8, 4) is 0 Å². The van der Waals surface area contributed by atoms with Crippen molar-refractivity contribution in [2.75, 3.05) is 5.32 Å². The number of halogens is 2. The number of amides is 2. The lowest BCUT2D eigenvalue weighted by Crippen LogP contribution is -2.30. The molecule has 0 aliphatic carbocycles. The summed E-state index contributed by atoms with van der Waals surface area (Å²) in [4.78, 5) is 29.4. The van der Waals surface area contributed by atoms with Gasteiger partial charge in [0.2, 0.25) is 0 Å². The van der Waals surface area contributed by atoms with Gasteiger partial charge in [0.15, 0.2) is 0 Å². The third-order valence-electron chi connectivity index (χ3n) is 3.66. The quantitative estimate of drug-likeness (QED) is 0.536. The minimum atomic E-state index is -0.477. The molecular formula is C21H15BrClN3O2. The monoisotopic (exact) mass is 455 g/mol. The molecule has 0 aliphatic heterocycles. The van der Waals surface area contributed by atoms with E-state index in [0.29, 0.717) is 21.8 Å². The van der Waals surface area contributed by atoms with Gasteiger partial charge in [-0.05, 0) is 54.1 Å². The average Bonchev–Trinajstić information content (AvgIpc) is 2.68. The molecule has 0 atom stereocenters. The molecule has 0 bridgehead atoms. The molecular weight excluding hydrogens is 442 g/mol. The highest BCUT2D eigenvalue weighted by Gasteiger charge is 2.15. The van der Waals surface area contributed by atoms with Crippen LogP contribution < -0.4 is 10.6 Å². The first-order valence-electron chi connectivity index (χ1n) is 8.27. The summed E-state index contributed by atoms with van der Waals surface area (Å²) in [5.41, 5.74) is 1.69. The lowest BCUT2D eigenvalue weighted by atomic mass is 10.2. The van der Waals surface area contributed by atoms with Crippen LogP contribution in [0, 0.1) is 0 Å². The molecule has 0 saturated heterocycles. The molecule has 5 nitrogen and oxygen atoms in total. The second-order valence-corrected chi connectivity index (χ2v) is 7.13. The predicted molar refractivity (Wildman–Crippen MR) is 114 cm³/mol. The Morgan fingerprint density at radius 2 is 1.86 bits per heavy atom. The van der Waals surface area contributed by atoms with Gasteiger partial charge < -0.3 is 10.6 Å². The second kappa shape index (κ2) is 9.30. The van der Waals surface area contributed by atoms with Crippen molar-refractivity contribution in [2.45, 2.75) is 0 Å². The van der Waals surface area contributed by atoms with E-state index < -0.39 is 11.8 Å². The van der Waals surface area contributed by atoms with E-state index in [4.69, 9.17) is 11.6 Å². The number of anilines is 1. The Kier molecular flexibility index (Phi) is 6.57. The number of rotatable bonds is 5. The van der Waals surface area contributed by atoms with Crippen molar-refractivity contribution in [2.24, 2.45) is 0 Å². The molecule has 7 heteroatoms. The highest BCUT2D eigenvalue weighted by Crippen LogP contribution is 2.17. The van der Waals surface area contributed by atoms with Crippen molar-refractivity contribution in [1.82, 2.24) is 10.3 Å². The zero-order valence-corrected chi connectivity index (χ0v) is 16.9. The minimum absolute atomic E-state index is 0.0814. The topological polar surface area (TPSA) is 71.1 Å². The predicted octanol–water partition coefficient (Wildman–Crippen LogP) is 4.91. The third kappa shape index (κ3) is 5.52. The Morgan fingerprint density at radius 3 is 2.57 bits per heavy atom. The number of aromatic nitrogens is 1. The first-order chi connectivity index (χ1) is 13.5. The van der Waals surface area contributed by atoms with Gasteiger partial charge in [-0.1, -0.05) is 45.7 Å². The fourth-order valence-electron chi connectivity index (χ4n) is 2.38. The summed E-state index contributed by atoms with van der Waals surface area (Å²) < 4.78 is 0.765. The van der Waals surface area contributed by atoms with Crippen LogP contribution in [0.15, 0.2) is 83.2 Å². The number of nitrogens with zero attached hydrogens (tertiary/aromatic N) is 1. The summed E-state index contributed by atoms with van der Waals surface area (Å²) in [5, 5.41) is 5.90. The maximum atomic E-state index is 12.8. The number of benzene rings is 2. The highest BCUT2D eigenvalue weighted by atomic mass is 79.9. The van der Waals surface area contributed by atoms with Gasteiger partial charge in [-0.15, -0.1) is 0 Å². The first-order valence-corrected chi connectivity index (χ1v) is 9.44. The zero-order valence-electron chi connectivity index (χ0n) is 14.5. The molecule has 140 valence electrons. The summed E-state index contributed by atoms with van der Waals surface area (Å²) >= 11 is 9.30. The van der Waals surface area contributed by atoms with E-state index in [1.807, 2.05) is 6.07 Å². The molecule has 0 spiro atoms. The molecule has 2 amide bonds. The van der Waals surface area contributed by atoms with E-state index in [2.05, 4.69) is 31.5 Å². The Bertz CT molecular complexity index is 1040. The van der Waals surface area contributed by atoms with E-state index in [1.54, 1.807) is 73.1 Å². The molecule has 0 radical (unpaired) electrons. The van der Waals surface area contributed by atoms with Gasteiger partial charge in [0.25, 0.3) is 11.8 Å². The standard InChI is InChI=1S/C21H15BrClN3O2/c22-16-6-1-5-15(11-16)20(27)26-19(10-14-4-3-9-24-13-14)21(28)25-18-8-2-7-17(23)12-18/h1-13H,(H,25,28)(H,26,27)/b19-10+. The number of hydrogen-bond donors (Lipinski definition) is 2. The lowest BCUT2D eigenvalue weighted by Gasteiger charge is -2.11. The average molecular weight is 457 g/mol. The molecule has 28 heavy (non-hydrogen) atoms. The smallest absolute Gasteiger partial charge is 0.272 e. The summed E-state index contributed by atoms with van der Waals surface area (Å²) in [7, 11) is 0. The third-order valence-corrected chi connectivity index (χ3v) is 4.39. The SMILES string of the molecule is O=C(Nc1cccc(Cl)c1)/C(=C\c1cccnc1)NC(=O)c1cccc(Br)c1. The molecule has 0 fully saturated rings. The number of nitrogens with one attached hydrogen (secondary N) is 2. The molecule has 2 N–H and O–H groups in total. The summed E-state index contributed by atoms with van der Waals surface area (Å²) in [6, 6.07) is 17.2. The summed E-state index contributed by atoms with van der Waals surface area (Å²) in [6.07, 6.45) is 4.78. The van der Waals surface area contributed by atoms with E-state index in [-0.39, 0.29) is 5.70 Å². The van der Waals surface area contributed by atoms with Crippen LogP contribution in [0.4, 0.5) is 5.69 Å². The number of carbonyl (C=O) groups is 2. The number of carbonyl (C=O) groups excluding carboxylic acids is 2. The van der Waals surface area contributed by atoms with Gasteiger partial charge in [0.1, 0.15) is 5.70 Å². The Hall–Kier alpha value is -2.96. The van der Waals surface area contributed by atoms with Crippen LogP contribution in [0.1, 0.15) is 15.9 Å². The van der Waals surface area contributed by atoms with Crippen molar-refractivity contribution >= 4 is 51.1 Å². The molecule has 1 aromatic heterocycles. The largest absolute Gasteiger partial charge is 0.321 e. The molecule has 0 saturated carbocycles. The Morgan fingerprint density at radius 1 is 1.04 bits per heavy atom. The molecule has 0 aliphatic rings. The highest BCUT2D eigenvalue weighted by molar-refractivity contribution is 9.10. The van der Waals surface area contributed by atoms with Gasteiger partial charge in [-0.25, -0.2) is 0 Å². The Balaban J connectivity index is 1.87. The van der Waals surface area contributed by atoms with Crippen LogP contribution in [0.3, 0.4) is 0 Å². The second-order valence-electron chi connectivity index (χ2n) is 5.77. The molecule has 3 aromatic rings. The first kappa shape index (κ1) is 19.8. The summed E-state index contributed by atoms with van der Waals surface area (Å²) in [5.74, 6) is -0.882. The zero-order chi connectivity index (χ0) is 19.9. The number of pyridine rings is 1. The Labute approximate surface area is 175 Å². The van der Waals surface area contributed by atoms with Crippen molar-refractivity contribution in [3.05, 3.63) is 99.4 Å². The van der Waals surface area contributed by atoms with Crippen LogP contribution in [0.5, 0.6) is 0 Å². The van der Waals surface area contributed by atoms with E-state index in [1.165, 1.54) is 0 Å². The van der Waals surface area contributed by atoms with Crippen molar-refractivity contribution < 1.29 is 9.59 Å². The minimum Gasteiger partial charge on any atom is -0.321 e. The van der Waals surface area contributed by atoms with Crippen molar-refractivity contribution in [3.63, 3.8) is 0 Å². The van der Waals surface area contributed by atoms with Crippen molar-refractivity contribution in [1.29, 1.82) is 0 Å². The van der Waals surface area contributed by atoms with E-state index in [9.17, 15) is 9.59 Å². The normalized spacial score (nSPS) is 11.0. The fourth-order valence-corrected chi connectivity index (χ4v) is 2.96. The van der Waals surface area contributed by atoms with Gasteiger partial charge in [0, 0.05) is 33.1 Å². The van der Waals surface area contributed by atoms with E-state index >= 15 is 0 Å². The van der Waals surface area contributed by atoms with Crippen LogP contribution >= 0.6 is 27.5 Å². The lowest BCUT2D eigenvalue weighted by molar-refractivity contribution is -0.113. The van der Waals surface area contributed by atoms with Gasteiger partial charge in [-0.3, -0.25) is 14.6 Å². The fraction of sp³-hybridized carbons (Fsp3) is 0. The van der Waals surface area contributed by atoms with Crippen LogP contribution in [0.25, 0.3) is 6.08 Å². The molecule has 1 heterocycles. The van der Waals surface area contributed by atoms with Crippen LogP contribution in [-0.2, 0) is 4.79 Å². The molecule has 3 rings (SSSR count).